The summed E-state index contributed by atoms with van der Waals surface area (Å²) in [5.74, 6) is 0.00761. The minimum absolute atomic E-state index is 0. The molecule has 1 unspecified atom stereocenters. The molecule has 0 bridgehead atoms. The largest absolute Gasteiger partial charge is 0.488 e. The number of benzene rings is 2. The summed E-state index contributed by atoms with van der Waals surface area (Å²) in [5.41, 5.74) is 6.42. The van der Waals surface area contributed by atoms with Gasteiger partial charge in [0.05, 0.1) is 0 Å². The minimum Gasteiger partial charge on any atom is -0.488 e. The number of alkyl halides is 2. The summed E-state index contributed by atoms with van der Waals surface area (Å²) in [5, 5.41) is 2.76. The minimum atomic E-state index is -2.53. The Labute approximate surface area is 151 Å². The van der Waals surface area contributed by atoms with Crippen LogP contribution in [0.4, 0.5) is 8.78 Å². The highest BCUT2D eigenvalue weighted by molar-refractivity contribution is 5.87. The fourth-order valence-corrected chi connectivity index (χ4v) is 2.19. The summed E-state index contributed by atoms with van der Waals surface area (Å²) < 4.78 is 29.3. The van der Waals surface area contributed by atoms with Crippen molar-refractivity contribution in [3.05, 3.63) is 65.7 Å². The van der Waals surface area contributed by atoms with Crippen LogP contribution in [0.25, 0.3) is 0 Å². The van der Waals surface area contributed by atoms with E-state index in [1.54, 1.807) is 43.3 Å². The van der Waals surface area contributed by atoms with E-state index in [4.69, 9.17) is 10.5 Å². The topological polar surface area (TPSA) is 64.4 Å². The Hall–Kier alpha value is -2.18. The van der Waals surface area contributed by atoms with E-state index in [0.717, 1.165) is 5.56 Å². The standard InChI is InChI=1S/C18H20F2N2O2.ClH/c1-18(21,14-7-3-2-4-8-14)17(23)22-11-13-6-5-9-15(10-13)24-12-16(19)20;/h2-10,16H,11-12,21H2,1H3,(H,22,23);1H. The van der Waals surface area contributed by atoms with Gasteiger partial charge in [0.2, 0.25) is 5.91 Å². The number of halogens is 3. The fourth-order valence-electron chi connectivity index (χ4n) is 2.19. The van der Waals surface area contributed by atoms with Gasteiger partial charge in [-0.15, -0.1) is 12.4 Å². The Bertz CT molecular complexity index is 682. The van der Waals surface area contributed by atoms with Gasteiger partial charge < -0.3 is 15.8 Å². The molecule has 0 aliphatic heterocycles. The number of hydrogen-bond donors (Lipinski definition) is 2. The molecule has 0 radical (unpaired) electrons. The normalized spacial score (nSPS) is 12.8. The van der Waals surface area contributed by atoms with Gasteiger partial charge in [-0.3, -0.25) is 4.79 Å². The SMILES string of the molecule is CC(N)(C(=O)NCc1cccc(OCC(F)F)c1)c1ccccc1.Cl. The molecule has 2 rings (SSSR count). The van der Waals surface area contributed by atoms with E-state index >= 15 is 0 Å². The predicted molar refractivity (Wildman–Crippen MR) is 95.0 cm³/mol. The van der Waals surface area contributed by atoms with Gasteiger partial charge in [-0.25, -0.2) is 8.78 Å². The molecular formula is C18H21ClF2N2O2. The van der Waals surface area contributed by atoms with E-state index in [-0.39, 0.29) is 24.9 Å². The Balaban J connectivity index is 0.00000312. The molecule has 0 spiro atoms. The van der Waals surface area contributed by atoms with Crippen molar-refractivity contribution < 1.29 is 18.3 Å². The van der Waals surface area contributed by atoms with E-state index in [0.29, 0.717) is 11.3 Å². The molecule has 0 aromatic heterocycles. The van der Waals surface area contributed by atoms with E-state index in [1.165, 1.54) is 0 Å². The van der Waals surface area contributed by atoms with E-state index in [2.05, 4.69) is 5.32 Å². The number of carbonyl (C=O) groups excluding carboxylic acids is 1. The molecule has 0 saturated heterocycles. The average Bonchev–Trinajstić information content (AvgIpc) is 2.59. The number of ether oxygens (including phenoxy) is 1. The maximum absolute atomic E-state index is 12.4. The molecule has 0 aliphatic carbocycles. The predicted octanol–water partition coefficient (Wildman–Crippen LogP) is 3.24. The molecule has 0 aliphatic rings. The Morgan fingerprint density at radius 1 is 1.20 bits per heavy atom. The van der Waals surface area contributed by atoms with Crippen LogP contribution in [0.2, 0.25) is 0 Å². The van der Waals surface area contributed by atoms with Gasteiger partial charge in [-0.05, 0) is 30.2 Å². The van der Waals surface area contributed by atoms with Crippen molar-refractivity contribution in [3.63, 3.8) is 0 Å². The van der Waals surface area contributed by atoms with Gasteiger partial charge in [-0.1, -0.05) is 42.5 Å². The lowest BCUT2D eigenvalue weighted by Gasteiger charge is -2.24. The maximum atomic E-state index is 12.4. The van der Waals surface area contributed by atoms with Crippen LogP contribution >= 0.6 is 12.4 Å². The highest BCUT2D eigenvalue weighted by Gasteiger charge is 2.29. The summed E-state index contributed by atoms with van der Waals surface area (Å²) in [7, 11) is 0. The second-order valence-corrected chi connectivity index (χ2v) is 5.60. The lowest BCUT2D eigenvalue weighted by molar-refractivity contribution is -0.126. The molecule has 2 aromatic carbocycles. The third-order valence-corrected chi connectivity index (χ3v) is 3.57. The van der Waals surface area contributed by atoms with Crippen LogP contribution in [0.15, 0.2) is 54.6 Å². The molecule has 0 fully saturated rings. The molecule has 25 heavy (non-hydrogen) atoms. The number of amides is 1. The first-order valence-electron chi connectivity index (χ1n) is 7.52. The number of carbonyl (C=O) groups is 1. The number of nitrogens with one attached hydrogen (secondary N) is 1. The maximum Gasteiger partial charge on any atom is 0.272 e. The van der Waals surface area contributed by atoms with Crippen molar-refractivity contribution in [3.8, 4) is 5.75 Å². The van der Waals surface area contributed by atoms with E-state index in [9.17, 15) is 13.6 Å². The van der Waals surface area contributed by atoms with Crippen LogP contribution in [0.1, 0.15) is 18.1 Å². The molecular weight excluding hydrogens is 350 g/mol. The average molecular weight is 371 g/mol. The number of nitrogens with two attached hydrogens (primary N) is 1. The number of rotatable bonds is 7. The van der Waals surface area contributed by atoms with Crippen LogP contribution in [0.5, 0.6) is 5.75 Å². The summed E-state index contributed by atoms with van der Waals surface area (Å²) in [6, 6.07) is 15.7. The first-order valence-corrected chi connectivity index (χ1v) is 7.52. The highest BCUT2D eigenvalue weighted by Crippen LogP contribution is 2.18. The van der Waals surface area contributed by atoms with Crippen molar-refractivity contribution >= 4 is 18.3 Å². The number of hydrogen-bond acceptors (Lipinski definition) is 3. The fraction of sp³-hybridized carbons (Fsp3) is 0.278. The second kappa shape index (κ2) is 9.34. The van der Waals surface area contributed by atoms with Crippen LogP contribution < -0.4 is 15.8 Å². The van der Waals surface area contributed by atoms with Crippen LogP contribution in [0.3, 0.4) is 0 Å². The summed E-state index contributed by atoms with van der Waals surface area (Å²) in [4.78, 5) is 12.4. The molecule has 3 N–H and O–H groups in total. The van der Waals surface area contributed by atoms with E-state index < -0.39 is 18.6 Å². The first-order chi connectivity index (χ1) is 11.4. The summed E-state index contributed by atoms with van der Waals surface area (Å²) >= 11 is 0. The molecule has 4 nitrogen and oxygen atoms in total. The van der Waals surface area contributed by atoms with Crippen LogP contribution in [-0.2, 0) is 16.9 Å². The van der Waals surface area contributed by atoms with Gasteiger partial charge in [-0.2, -0.15) is 0 Å². The summed E-state index contributed by atoms with van der Waals surface area (Å²) in [6.45, 7) is 1.20. The lowest BCUT2D eigenvalue weighted by atomic mass is 9.92. The lowest BCUT2D eigenvalue weighted by Crippen LogP contribution is -2.48. The zero-order valence-corrected chi connectivity index (χ0v) is 14.6. The van der Waals surface area contributed by atoms with Crippen molar-refractivity contribution in [1.82, 2.24) is 5.32 Å². The second-order valence-electron chi connectivity index (χ2n) is 5.60. The van der Waals surface area contributed by atoms with Crippen LogP contribution in [0, 0.1) is 0 Å². The first kappa shape index (κ1) is 20.9. The quantitative estimate of drug-likeness (QED) is 0.786. The molecule has 2 aromatic rings. The third-order valence-electron chi connectivity index (χ3n) is 3.57. The van der Waals surface area contributed by atoms with Crippen molar-refractivity contribution in [2.24, 2.45) is 5.73 Å². The van der Waals surface area contributed by atoms with Crippen molar-refractivity contribution in [1.29, 1.82) is 0 Å². The monoisotopic (exact) mass is 370 g/mol. The van der Waals surface area contributed by atoms with Crippen molar-refractivity contribution in [2.75, 3.05) is 6.61 Å². The Morgan fingerprint density at radius 3 is 2.52 bits per heavy atom. The molecule has 0 saturated carbocycles. The Kier molecular flexibility index (Phi) is 7.80. The van der Waals surface area contributed by atoms with Crippen LogP contribution in [-0.4, -0.2) is 18.9 Å². The van der Waals surface area contributed by atoms with Gasteiger partial charge in [0, 0.05) is 6.54 Å². The van der Waals surface area contributed by atoms with E-state index in [1.807, 2.05) is 18.2 Å². The molecule has 0 heterocycles. The molecule has 1 amide bonds. The zero-order valence-electron chi connectivity index (χ0n) is 13.7. The van der Waals surface area contributed by atoms with Gasteiger partial charge in [0.25, 0.3) is 6.43 Å². The molecule has 1 atom stereocenters. The Morgan fingerprint density at radius 2 is 1.88 bits per heavy atom. The van der Waals surface area contributed by atoms with Crippen molar-refractivity contribution in [2.45, 2.75) is 25.4 Å². The third kappa shape index (κ3) is 5.99. The molecule has 136 valence electrons. The highest BCUT2D eigenvalue weighted by atomic mass is 35.5. The molecule has 7 heteroatoms. The zero-order chi connectivity index (χ0) is 17.6. The summed E-state index contributed by atoms with van der Waals surface area (Å²) in [6.07, 6.45) is -2.53. The smallest absolute Gasteiger partial charge is 0.272 e. The van der Waals surface area contributed by atoms with Gasteiger partial charge in [0.1, 0.15) is 17.9 Å². The van der Waals surface area contributed by atoms with Gasteiger partial charge >= 0.3 is 0 Å². The van der Waals surface area contributed by atoms with Gasteiger partial charge in [0.15, 0.2) is 0 Å².